The minimum Gasteiger partial charge on any atom is -0.618 e. The predicted octanol–water partition coefficient (Wildman–Crippen LogP) is 3.75. The highest BCUT2D eigenvalue weighted by atomic mass is 32.2. The van der Waals surface area contributed by atoms with Crippen LogP contribution in [0.15, 0.2) is 87.7 Å². The lowest BCUT2D eigenvalue weighted by Gasteiger charge is -2.07. The molecule has 0 unspecified atom stereocenters. The van der Waals surface area contributed by atoms with Crippen LogP contribution in [0.5, 0.6) is 0 Å². The van der Waals surface area contributed by atoms with Gasteiger partial charge in [0.15, 0.2) is 6.20 Å². The van der Waals surface area contributed by atoms with Gasteiger partial charge in [-0.2, -0.15) is 4.73 Å². The Labute approximate surface area is 151 Å². The molecular weight excluding hydrogens is 354 g/mol. The fourth-order valence-electron chi connectivity index (χ4n) is 2.30. The fraction of sp³-hybridized carbons (Fsp3) is 0.105. The number of nitrogens with zero attached hydrogens (tertiary/aromatic N) is 1. The van der Waals surface area contributed by atoms with Gasteiger partial charge in [-0.05, 0) is 42.8 Å². The molecular formula is C19H17NO3S2. The maximum Gasteiger partial charge on any atom is 0.251 e. The second-order valence-electron chi connectivity index (χ2n) is 5.61. The smallest absolute Gasteiger partial charge is 0.251 e. The Bertz CT molecular complexity index is 966. The molecule has 0 bridgehead atoms. The molecule has 0 aliphatic rings. The van der Waals surface area contributed by atoms with Crippen LogP contribution >= 0.6 is 11.8 Å². The molecule has 1 heterocycles. The molecule has 0 radical (unpaired) electrons. The first-order chi connectivity index (χ1) is 12.0. The summed E-state index contributed by atoms with van der Waals surface area (Å²) >= 11 is 1.41. The zero-order valence-corrected chi connectivity index (χ0v) is 15.3. The van der Waals surface area contributed by atoms with Crippen molar-refractivity contribution in [2.24, 2.45) is 0 Å². The van der Waals surface area contributed by atoms with E-state index in [9.17, 15) is 13.6 Å². The van der Waals surface area contributed by atoms with E-state index in [1.807, 2.05) is 13.0 Å². The van der Waals surface area contributed by atoms with Crippen molar-refractivity contribution in [3.05, 3.63) is 89.3 Å². The standard InChI is InChI=1S/C19H17NO3S2/c1-15-5-9-17(10-6-15)25(22,23)18-11-7-16(8-12-18)14-24-19-4-2-3-13-20(19)21/h2-13H,14H2,1H3. The summed E-state index contributed by atoms with van der Waals surface area (Å²) in [6, 6.07) is 18.9. The maximum atomic E-state index is 12.6. The monoisotopic (exact) mass is 371 g/mol. The van der Waals surface area contributed by atoms with Gasteiger partial charge in [0.2, 0.25) is 9.84 Å². The van der Waals surface area contributed by atoms with Crippen molar-refractivity contribution in [2.45, 2.75) is 27.5 Å². The molecule has 0 saturated heterocycles. The molecule has 0 aliphatic heterocycles. The lowest BCUT2D eigenvalue weighted by atomic mass is 10.2. The summed E-state index contributed by atoms with van der Waals surface area (Å²) in [5.41, 5.74) is 1.97. The van der Waals surface area contributed by atoms with Crippen molar-refractivity contribution in [1.29, 1.82) is 0 Å². The van der Waals surface area contributed by atoms with E-state index in [4.69, 9.17) is 0 Å². The van der Waals surface area contributed by atoms with Gasteiger partial charge in [0.05, 0.1) is 9.79 Å². The van der Waals surface area contributed by atoms with E-state index in [0.717, 1.165) is 15.9 Å². The molecule has 4 nitrogen and oxygen atoms in total. The highest BCUT2D eigenvalue weighted by molar-refractivity contribution is 7.98. The average Bonchev–Trinajstić information content (AvgIpc) is 2.62. The molecule has 2 aromatic carbocycles. The number of sulfone groups is 1. The normalized spacial score (nSPS) is 11.4. The molecule has 0 amide bonds. The number of aryl methyl sites for hydroxylation is 1. The zero-order chi connectivity index (χ0) is 17.9. The Balaban J connectivity index is 1.76. The largest absolute Gasteiger partial charge is 0.618 e. The van der Waals surface area contributed by atoms with E-state index >= 15 is 0 Å². The summed E-state index contributed by atoms with van der Waals surface area (Å²) in [5.74, 6) is 0.594. The third-order valence-electron chi connectivity index (χ3n) is 3.74. The van der Waals surface area contributed by atoms with Gasteiger partial charge in [-0.15, -0.1) is 0 Å². The van der Waals surface area contributed by atoms with Crippen LogP contribution in [0.1, 0.15) is 11.1 Å². The molecule has 1 aromatic heterocycles. The van der Waals surface area contributed by atoms with Gasteiger partial charge in [0, 0.05) is 17.9 Å². The van der Waals surface area contributed by atoms with Gasteiger partial charge >= 0.3 is 0 Å². The van der Waals surface area contributed by atoms with Crippen molar-refractivity contribution in [3.63, 3.8) is 0 Å². The van der Waals surface area contributed by atoms with E-state index in [-0.39, 0.29) is 9.79 Å². The topological polar surface area (TPSA) is 61.1 Å². The third kappa shape index (κ3) is 4.03. The second kappa shape index (κ2) is 7.29. The van der Waals surface area contributed by atoms with Crippen LogP contribution < -0.4 is 4.73 Å². The fourth-order valence-corrected chi connectivity index (χ4v) is 4.43. The first kappa shape index (κ1) is 17.5. The van der Waals surface area contributed by atoms with E-state index in [1.54, 1.807) is 60.7 Å². The van der Waals surface area contributed by atoms with Gasteiger partial charge in [0.25, 0.3) is 5.03 Å². The average molecular weight is 371 g/mol. The van der Waals surface area contributed by atoms with E-state index in [0.29, 0.717) is 10.8 Å². The number of hydrogen-bond donors (Lipinski definition) is 0. The molecule has 128 valence electrons. The summed E-state index contributed by atoms with van der Waals surface area (Å²) in [6.07, 6.45) is 1.46. The minimum absolute atomic E-state index is 0.267. The Kier molecular flexibility index (Phi) is 5.11. The third-order valence-corrected chi connectivity index (χ3v) is 6.62. The van der Waals surface area contributed by atoms with Crippen LogP contribution in [0.25, 0.3) is 0 Å². The van der Waals surface area contributed by atoms with Gasteiger partial charge in [0.1, 0.15) is 0 Å². The Morgan fingerprint density at radius 1 is 0.920 bits per heavy atom. The highest BCUT2D eigenvalue weighted by Gasteiger charge is 2.17. The van der Waals surface area contributed by atoms with Crippen LogP contribution in [0, 0.1) is 12.1 Å². The minimum atomic E-state index is -3.51. The summed E-state index contributed by atoms with van der Waals surface area (Å²) in [5, 5.41) is 12.2. The number of pyridine rings is 1. The van der Waals surface area contributed by atoms with Crippen molar-refractivity contribution >= 4 is 21.6 Å². The Morgan fingerprint density at radius 2 is 1.52 bits per heavy atom. The first-order valence-electron chi connectivity index (χ1n) is 7.68. The molecule has 0 N–H and O–H groups in total. The summed E-state index contributed by atoms with van der Waals surface area (Å²) in [6.45, 7) is 1.92. The molecule has 0 aliphatic carbocycles. The Hall–Kier alpha value is -2.31. The van der Waals surface area contributed by atoms with Crippen LogP contribution in [0.2, 0.25) is 0 Å². The predicted molar refractivity (Wildman–Crippen MR) is 98.0 cm³/mol. The van der Waals surface area contributed by atoms with Crippen LogP contribution in [-0.2, 0) is 15.6 Å². The first-order valence-corrected chi connectivity index (χ1v) is 10.2. The molecule has 6 heteroatoms. The highest BCUT2D eigenvalue weighted by Crippen LogP contribution is 2.24. The van der Waals surface area contributed by atoms with Crippen molar-refractivity contribution in [1.82, 2.24) is 0 Å². The van der Waals surface area contributed by atoms with E-state index in [1.165, 1.54) is 18.0 Å². The molecule has 25 heavy (non-hydrogen) atoms. The number of rotatable bonds is 5. The molecule has 0 atom stereocenters. The molecule has 0 spiro atoms. The van der Waals surface area contributed by atoms with Crippen molar-refractivity contribution in [2.75, 3.05) is 0 Å². The SMILES string of the molecule is Cc1ccc(S(=O)(=O)c2ccc(CSc3cccc[n+]3[O-])cc2)cc1. The van der Waals surface area contributed by atoms with Crippen LogP contribution in [0.4, 0.5) is 0 Å². The number of hydrogen-bond acceptors (Lipinski definition) is 4. The maximum absolute atomic E-state index is 12.6. The van der Waals surface area contributed by atoms with Crippen LogP contribution in [-0.4, -0.2) is 8.42 Å². The molecule has 3 aromatic rings. The van der Waals surface area contributed by atoms with E-state index < -0.39 is 9.84 Å². The lowest BCUT2D eigenvalue weighted by Crippen LogP contribution is -2.27. The van der Waals surface area contributed by atoms with E-state index in [2.05, 4.69) is 0 Å². The van der Waals surface area contributed by atoms with Crippen molar-refractivity contribution < 1.29 is 13.1 Å². The number of benzene rings is 2. The number of thioether (sulfide) groups is 1. The molecule has 3 rings (SSSR count). The lowest BCUT2D eigenvalue weighted by molar-refractivity contribution is -0.645. The van der Waals surface area contributed by atoms with Gasteiger partial charge in [-0.3, -0.25) is 0 Å². The van der Waals surface area contributed by atoms with Crippen LogP contribution in [0.3, 0.4) is 0 Å². The van der Waals surface area contributed by atoms with Gasteiger partial charge < -0.3 is 5.21 Å². The number of aromatic nitrogens is 1. The second-order valence-corrected chi connectivity index (χ2v) is 8.56. The van der Waals surface area contributed by atoms with Gasteiger partial charge in [-0.1, -0.05) is 41.6 Å². The van der Waals surface area contributed by atoms with Gasteiger partial charge in [-0.25, -0.2) is 8.42 Å². The van der Waals surface area contributed by atoms with Crippen molar-refractivity contribution in [3.8, 4) is 0 Å². The zero-order valence-electron chi connectivity index (χ0n) is 13.6. The molecule has 0 saturated carbocycles. The molecule has 0 fully saturated rings. The summed E-state index contributed by atoms with van der Waals surface area (Å²) in [4.78, 5) is 0.556. The summed E-state index contributed by atoms with van der Waals surface area (Å²) < 4.78 is 26.1. The quantitative estimate of drug-likeness (QED) is 0.389. The summed E-state index contributed by atoms with van der Waals surface area (Å²) in [7, 11) is -3.51. The Morgan fingerprint density at radius 3 is 2.12 bits per heavy atom.